The number of allylic oxidation sites excluding steroid dienone is 8. The third-order valence-electron chi connectivity index (χ3n) is 4.47. The van der Waals surface area contributed by atoms with Crippen LogP contribution in [0.25, 0.3) is 0 Å². The minimum Gasteiger partial charge on any atom is -1.00 e. The van der Waals surface area contributed by atoms with Crippen LogP contribution in [0.2, 0.25) is 0 Å². The fraction of sp³-hybridized carbons (Fsp3) is 0.571. The number of hydrogen-bond donors (Lipinski definition) is 0. The summed E-state index contributed by atoms with van der Waals surface area (Å²) in [6.07, 6.45) is 8.72. The molecule has 0 heterocycles. The number of rotatable bonds is 0. The minimum atomic E-state index is 0. The summed E-state index contributed by atoms with van der Waals surface area (Å²) in [6, 6.07) is 0. The molecule has 2 aliphatic carbocycles. The van der Waals surface area contributed by atoms with E-state index < -0.39 is 0 Å². The zero-order valence-corrected chi connectivity index (χ0v) is 21.0. The van der Waals surface area contributed by atoms with E-state index in [4.69, 9.17) is 0 Å². The maximum Gasteiger partial charge on any atom is 2.00 e. The molecule has 3 heteroatoms. The van der Waals surface area contributed by atoms with Gasteiger partial charge in [0, 0.05) is 0 Å². The maximum atomic E-state index is 3.36. The molecule has 2 atom stereocenters. The number of halogens is 2. The van der Waals surface area contributed by atoms with E-state index in [2.05, 4.69) is 67.5 Å². The van der Waals surface area contributed by atoms with Gasteiger partial charge in [0.2, 0.25) is 0 Å². The summed E-state index contributed by atoms with van der Waals surface area (Å²) in [5.74, 6) is 1.12. The van der Waals surface area contributed by atoms with Crippen molar-refractivity contribution < 1.29 is 51.0 Å². The molecule has 2 rings (SSSR count). The van der Waals surface area contributed by atoms with E-state index >= 15 is 0 Å². The molecule has 0 amide bonds. The van der Waals surface area contributed by atoms with Gasteiger partial charge in [0.25, 0.3) is 0 Å². The van der Waals surface area contributed by atoms with Crippen molar-refractivity contribution in [3.8, 4) is 0 Å². The van der Waals surface area contributed by atoms with Gasteiger partial charge < -0.3 is 31.2 Å². The minimum absolute atomic E-state index is 0. The summed E-state index contributed by atoms with van der Waals surface area (Å²) in [5, 5.41) is 0. The molecule has 0 bridgehead atoms. The molecule has 0 nitrogen and oxygen atoms in total. The van der Waals surface area contributed by atoms with Gasteiger partial charge in [-0.15, -0.1) is 13.8 Å². The molecule has 0 spiro atoms. The van der Waals surface area contributed by atoms with Gasteiger partial charge in [-0.3, -0.25) is 12.2 Å². The predicted molar refractivity (Wildman–Crippen MR) is 95.6 cm³/mol. The molecule has 0 aromatic heterocycles. The summed E-state index contributed by atoms with van der Waals surface area (Å²) in [5.41, 5.74) is 8.49. The smallest absolute Gasteiger partial charge is 1.00 e. The quantitative estimate of drug-likeness (QED) is 0.479. The van der Waals surface area contributed by atoms with E-state index in [1.54, 1.807) is 0 Å². The maximum absolute atomic E-state index is 3.36. The third-order valence-corrected chi connectivity index (χ3v) is 4.47. The second-order valence-electron chi connectivity index (χ2n) is 6.18. The standard InChI is InChI=1S/2C9H13.C3H7.2ClH.Zr/c2*1-6-5-7(2)9(4)8(6)3;1-3-2;;;/h2*6H,1-4H3;3H,1-2H3;2*1H;/q3*-1;;;+2/p-2. The van der Waals surface area contributed by atoms with Crippen LogP contribution < -0.4 is 24.8 Å². The van der Waals surface area contributed by atoms with Gasteiger partial charge in [0.1, 0.15) is 0 Å². The second kappa shape index (κ2) is 15.7. The molecule has 0 N–H and O–H groups in total. The van der Waals surface area contributed by atoms with Crippen LogP contribution in [-0.2, 0) is 26.2 Å². The SMILES string of the molecule is CC1=[C-]C(C)C(C)=C1C.CC1=[C-]C(C)C(C)=C1C.C[CH-]C.[Cl-].[Cl-].[Zr+2]. The van der Waals surface area contributed by atoms with Crippen LogP contribution in [0.15, 0.2) is 33.4 Å². The van der Waals surface area contributed by atoms with Crippen molar-refractivity contribution in [1.82, 2.24) is 0 Å². The van der Waals surface area contributed by atoms with Crippen molar-refractivity contribution in [2.45, 2.75) is 69.2 Å². The summed E-state index contributed by atoms with van der Waals surface area (Å²) in [6.45, 7) is 21.3. The molecule has 0 radical (unpaired) electrons. The molecular weight excluding hydrogens is 414 g/mol. The van der Waals surface area contributed by atoms with Crippen LogP contribution >= 0.6 is 0 Å². The van der Waals surface area contributed by atoms with Crippen molar-refractivity contribution >= 4 is 0 Å². The Morgan fingerprint density at radius 3 is 0.917 bits per heavy atom. The first-order chi connectivity index (χ1) is 9.67. The first-order valence-electron chi connectivity index (χ1n) is 7.96. The fourth-order valence-electron chi connectivity index (χ4n) is 2.32. The molecule has 0 aromatic carbocycles. The average Bonchev–Trinajstić information content (AvgIpc) is 2.77. The van der Waals surface area contributed by atoms with Crippen molar-refractivity contribution in [2.75, 3.05) is 0 Å². The van der Waals surface area contributed by atoms with Crippen LogP contribution in [-0.4, -0.2) is 0 Å². The Bertz CT molecular complexity index is 438. The summed E-state index contributed by atoms with van der Waals surface area (Å²) < 4.78 is 0. The van der Waals surface area contributed by atoms with Crippen molar-refractivity contribution in [3.63, 3.8) is 0 Å². The van der Waals surface area contributed by atoms with Gasteiger partial charge in [0.05, 0.1) is 0 Å². The topological polar surface area (TPSA) is 0 Å². The molecule has 0 saturated carbocycles. The summed E-state index contributed by atoms with van der Waals surface area (Å²) in [4.78, 5) is 0. The van der Waals surface area contributed by atoms with Gasteiger partial charge >= 0.3 is 26.2 Å². The van der Waals surface area contributed by atoms with Gasteiger partial charge in [-0.2, -0.15) is 36.1 Å². The van der Waals surface area contributed by atoms with Crippen LogP contribution in [0.5, 0.6) is 0 Å². The Morgan fingerprint density at radius 2 is 0.875 bits per heavy atom. The van der Waals surface area contributed by atoms with Crippen LogP contribution in [0, 0.1) is 30.4 Å². The number of hydrogen-bond acceptors (Lipinski definition) is 0. The molecule has 138 valence electrons. The van der Waals surface area contributed by atoms with Crippen LogP contribution in [0.3, 0.4) is 0 Å². The molecule has 2 unspecified atom stereocenters. The van der Waals surface area contributed by atoms with E-state index in [1.165, 1.54) is 33.4 Å². The van der Waals surface area contributed by atoms with Crippen molar-refractivity contribution in [3.05, 3.63) is 52.0 Å². The first kappa shape index (κ1) is 32.1. The Hall–Kier alpha value is 0.423. The van der Waals surface area contributed by atoms with E-state index in [1.807, 2.05) is 20.3 Å². The second-order valence-corrected chi connectivity index (χ2v) is 6.18. The summed E-state index contributed by atoms with van der Waals surface area (Å²) in [7, 11) is 0. The molecular formula is C21H33Cl2Zr-3. The van der Waals surface area contributed by atoms with Crippen LogP contribution in [0.1, 0.15) is 69.2 Å². The largest absolute Gasteiger partial charge is 2.00 e. The van der Waals surface area contributed by atoms with Crippen molar-refractivity contribution in [1.29, 1.82) is 0 Å². The van der Waals surface area contributed by atoms with E-state index in [0.717, 1.165) is 0 Å². The van der Waals surface area contributed by atoms with Crippen molar-refractivity contribution in [2.24, 2.45) is 11.8 Å². The zero-order valence-electron chi connectivity index (χ0n) is 17.0. The summed E-state index contributed by atoms with van der Waals surface area (Å²) >= 11 is 0. The Kier molecular flexibility index (Phi) is 21.0. The van der Waals surface area contributed by atoms with Gasteiger partial charge in [-0.25, -0.2) is 11.1 Å². The van der Waals surface area contributed by atoms with Crippen LogP contribution in [0.4, 0.5) is 0 Å². The molecule has 0 saturated heterocycles. The monoisotopic (exact) mass is 445 g/mol. The third kappa shape index (κ3) is 9.79. The van der Waals surface area contributed by atoms with Gasteiger partial charge in [0.15, 0.2) is 0 Å². The van der Waals surface area contributed by atoms with Gasteiger partial charge in [-0.05, 0) is 0 Å². The molecule has 2 aliphatic rings. The zero-order chi connectivity index (χ0) is 16.7. The molecule has 0 aromatic rings. The fourth-order valence-corrected chi connectivity index (χ4v) is 2.32. The van der Waals surface area contributed by atoms with E-state index in [0.29, 0.717) is 11.8 Å². The Labute approximate surface area is 183 Å². The van der Waals surface area contributed by atoms with E-state index in [-0.39, 0.29) is 51.0 Å². The molecule has 0 fully saturated rings. The van der Waals surface area contributed by atoms with E-state index in [9.17, 15) is 0 Å². The Morgan fingerprint density at radius 1 is 0.667 bits per heavy atom. The Balaban J connectivity index is -0.000000130. The molecule has 0 aliphatic heterocycles. The molecule has 24 heavy (non-hydrogen) atoms. The predicted octanol–water partition coefficient (Wildman–Crippen LogP) is 0.680. The normalized spacial score (nSPS) is 21.1. The van der Waals surface area contributed by atoms with Gasteiger partial charge in [-0.1, -0.05) is 53.4 Å². The first-order valence-corrected chi connectivity index (χ1v) is 7.96. The average molecular weight is 448 g/mol.